The number of hydrogen-bond acceptors (Lipinski definition) is 3. The van der Waals surface area contributed by atoms with E-state index in [1.165, 1.54) is 25.3 Å². The van der Waals surface area contributed by atoms with Crippen LogP contribution in [0.5, 0.6) is 5.75 Å². The van der Waals surface area contributed by atoms with Gasteiger partial charge in [0.1, 0.15) is 0 Å². The Labute approximate surface area is 136 Å². The van der Waals surface area contributed by atoms with Crippen LogP contribution in [0.25, 0.3) is 10.9 Å². The van der Waals surface area contributed by atoms with Gasteiger partial charge >= 0.3 is 0 Å². The summed E-state index contributed by atoms with van der Waals surface area (Å²) in [5, 5.41) is 0.858. The highest BCUT2D eigenvalue weighted by Gasteiger charge is 2.10. The molecule has 0 aliphatic heterocycles. The van der Waals surface area contributed by atoms with Gasteiger partial charge in [-0.1, -0.05) is 29.8 Å². The lowest BCUT2D eigenvalue weighted by atomic mass is 10.2. The van der Waals surface area contributed by atoms with Gasteiger partial charge in [-0.25, -0.2) is 4.39 Å². The molecule has 0 spiro atoms. The first-order valence-corrected chi connectivity index (χ1v) is 7.00. The summed E-state index contributed by atoms with van der Waals surface area (Å²) in [6.45, 7) is 0. The minimum Gasteiger partial charge on any atom is -0.494 e. The number of aldehydes is 1. The third-order valence-corrected chi connectivity index (χ3v) is 3.44. The summed E-state index contributed by atoms with van der Waals surface area (Å²) in [6, 6.07) is 13.8. The van der Waals surface area contributed by atoms with Crippen LogP contribution in [-0.2, 0) is 0 Å². The van der Waals surface area contributed by atoms with Crippen LogP contribution < -0.4 is 10.3 Å². The lowest BCUT2D eigenvalue weighted by Crippen LogP contribution is -2.01. The maximum absolute atomic E-state index is 13.0. The van der Waals surface area contributed by atoms with Gasteiger partial charge in [0.25, 0.3) is 0 Å². The largest absolute Gasteiger partial charge is 0.494 e. The highest BCUT2D eigenvalue weighted by Crippen LogP contribution is 2.26. The molecule has 0 fully saturated rings. The second-order valence-electron chi connectivity index (χ2n) is 4.51. The summed E-state index contributed by atoms with van der Waals surface area (Å²) in [5.74, 6) is -0.672. The van der Waals surface area contributed by atoms with Gasteiger partial charge in [-0.05, 0) is 29.7 Å². The summed E-state index contributed by atoms with van der Waals surface area (Å²) in [6.07, 6.45) is 0.491. The fourth-order valence-corrected chi connectivity index (χ4v) is 2.09. The number of benzene rings is 2. The first-order chi connectivity index (χ1) is 11.1. The Balaban J connectivity index is 0.000000167. The second-order valence-corrected chi connectivity index (χ2v) is 4.89. The molecule has 2 aromatic carbocycles. The van der Waals surface area contributed by atoms with E-state index in [1.54, 1.807) is 0 Å². The molecule has 0 atom stereocenters. The summed E-state index contributed by atoms with van der Waals surface area (Å²) < 4.78 is 17.7. The van der Waals surface area contributed by atoms with Crippen LogP contribution in [0.2, 0.25) is 5.02 Å². The van der Waals surface area contributed by atoms with Crippen molar-refractivity contribution < 1.29 is 13.9 Å². The van der Waals surface area contributed by atoms with E-state index in [9.17, 15) is 14.0 Å². The topological polar surface area (TPSA) is 59.2 Å². The zero-order valence-electron chi connectivity index (χ0n) is 12.2. The number of H-pyrrole nitrogens is 1. The molecule has 0 bridgehead atoms. The summed E-state index contributed by atoms with van der Waals surface area (Å²) in [7, 11) is 1.33. The fourth-order valence-electron chi connectivity index (χ4n) is 1.89. The van der Waals surface area contributed by atoms with Gasteiger partial charge in [0, 0.05) is 17.1 Å². The molecule has 3 aromatic rings. The van der Waals surface area contributed by atoms with Crippen molar-refractivity contribution >= 4 is 28.8 Å². The average Bonchev–Trinajstić information content (AvgIpc) is 2.58. The van der Waals surface area contributed by atoms with Gasteiger partial charge in [0.2, 0.25) is 5.56 Å². The Morgan fingerprint density at radius 2 is 1.87 bits per heavy atom. The summed E-state index contributed by atoms with van der Waals surface area (Å²) in [4.78, 5) is 23.8. The normalized spacial score (nSPS) is 9.87. The number of para-hydroxylation sites is 1. The van der Waals surface area contributed by atoms with Crippen molar-refractivity contribution in [3.8, 4) is 5.75 Å². The number of ether oxygens (including phenoxy) is 1. The monoisotopic (exact) mass is 333 g/mol. The van der Waals surface area contributed by atoms with Crippen LogP contribution in [-0.4, -0.2) is 18.4 Å². The van der Waals surface area contributed by atoms with Crippen LogP contribution in [0.15, 0.2) is 53.3 Å². The Morgan fingerprint density at radius 1 is 1.13 bits per heavy atom. The number of pyridine rings is 1. The predicted octanol–water partition coefficient (Wildman–Crippen LogP) is 3.83. The molecule has 3 rings (SSSR count). The van der Waals surface area contributed by atoms with E-state index < -0.39 is 5.82 Å². The van der Waals surface area contributed by atoms with Crippen molar-refractivity contribution in [1.29, 1.82) is 0 Å². The third-order valence-electron chi connectivity index (χ3n) is 3.06. The van der Waals surface area contributed by atoms with Crippen LogP contribution >= 0.6 is 11.6 Å². The quantitative estimate of drug-likeness (QED) is 0.725. The second kappa shape index (κ2) is 7.56. The number of rotatable bonds is 2. The number of methoxy groups -OCH3 is 1. The lowest BCUT2D eigenvalue weighted by molar-refractivity contribution is 0.112. The van der Waals surface area contributed by atoms with E-state index in [2.05, 4.69) is 9.72 Å². The standard InChI is InChI=1S/C9H7NO.C8H6ClFO2/c11-9-6-5-7-3-1-2-4-8(7)10-9;1-12-6-3-2-5(4-11)7(9)8(6)10/h1-6H,(H,10,11);2-4H,1H3. The molecule has 6 heteroatoms. The molecule has 118 valence electrons. The zero-order valence-corrected chi connectivity index (χ0v) is 12.9. The summed E-state index contributed by atoms with van der Waals surface area (Å²) >= 11 is 5.49. The molecule has 0 amide bonds. The van der Waals surface area contributed by atoms with E-state index >= 15 is 0 Å². The van der Waals surface area contributed by atoms with Gasteiger partial charge < -0.3 is 9.72 Å². The average molecular weight is 334 g/mol. The maximum Gasteiger partial charge on any atom is 0.248 e. The molecule has 4 nitrogen and oxygen atoms in total. The molecule has 1 N–H and O–H groups in total. The number of halogens is 2. The summed E-state index contributed by atoms with van der Waals surface area (Å²) in [5.41, 5.74) is 0.957. The minimum absolute atomic E-state index is 0.0330. The lowest BCUT2D eigenvalue weighted by Gasteiger charge is -2.03. The van der Waals surface area contributed by atoms with E-state index in [0.29, 0.717) is 6.29 Å². The predicted molar refractivity (Wildman–Crippen MR) is 87.9 cm³/mol. The number of fused-ring (bicyclic) bond motifs is 1. The first-order valence-electron chi connectivity index (χ1n) is 6.62. The molecule has 23 heavy (non-hydrogen) atoms. The third kappa shape index (κ3) is 3.96. The van der Waals surface area contributed by atoms with Gasteiger partial charge in [-0.3, -0.25) is 9.59 Å². The smallest absolute Gasteiger partial charge is 0.248 e. The number of aromatic nitrogens is 1. The number of aromatic amines is 1. The van der Waals surface area contributed by atoms with E-state index in [1.807, 2.05) is 30.3 Å². The number of nitrogens with one attached hydrogen (secondary N) is 1. The molecular formula is C17H13ClFNO3. The van der Waals surface area contributed by atoms with Crippen LogP contribution in [0, 0.1) is 5.82 Å². The SMILES string of the molecule is COc1ccc(C=O)c(Cl)c1F.O=c1ccc2ccccc2[nH]1. The zero-order chi connectivity index (χ0) is 16.8. The van der Waals surface area contributed by atoms with E-state index in [-0.39, 0.29) is 21.9 Å². The van der Waals surface area contributed by atoms with E-state index in [4.69, 9.17) is 11.6 Å². The van der Waals surface area contributed by atoms with Crippen molar-refractivity contribution in [2.24, 2.45) is 0 Å². The van der Waals surface area contributed by atoms with Gasteiger partial charge in [0.15, 0.2) is 17.9 Å². The molecule has 0 saturated heterocycles. The van der Waals surface area contributed by atoms with Gasteiger partial charge in [0.05, 0.1) is 12.1 Å². The Kier molecular flexibility index (Phi) is 5.49. The van der Waals surface area contributed by atoms with Crippen molar-refractivity contribution in [1.82, 2.24) is 4.98 Å². The molecule has 1 heterocycles. The Bertz CT molecular complexity index is 892. The minimum atomic E-state index is -0.705. The van der Waals surface area contributed by atoms with Gasteiger partial charge in [-0.15, -0.1) is 0 Å². The molecule has 0 aliphatic carbocycles. The van der Waals surface area contributed by atoms with E-state index in [0.717, 1.165) is 10.9 Å². The van der Waals surface area contributed by atoms with Crippen molar-refractivity contribution in [3.05, 3.63) is 75.3 Å². The highest BCUT2D eigenvalue weighted by molar-refractivity contribution is 6.33. The molecule has 0 unspecified atom stereocenters. The molecule has 0 saturated carbocycles. The van der Waals surface area contributed by atoms with Crippen LogP contribution in [0.1, 0.15) is 10.4 Å². The van der Waals surface area contributed by atoms with Crippen molar-refractivity contribution in [2.45, 2.75) is 0 Å². The Morgan fingerprint density at radius 3 is 2.57 bits per heavy atom. The molecule has 1 aromatic heterocycles. The van der Waals surface area contributed by atoms with Crippen LogP contribution in [0.3, 0.4) is 0 Å². The first kappa shape index (κ1) is 16.7. The molecule has 0 aliphatic rings. The number of hydrogen-bond donors (Lipinski definition) is 1. The van der Waals surface area contributed by atoms with Crippen LogP contribution in [0.4, 0.5) is 4.39 Å². The van der Waals surface area contributed by atoms with Crippen molar-refractivity contribution in [3.63, 3.8) is 0 Å². The number of carbonyl (C=O) groups excluding carboxylic acids is 1. The Hall–Kier alpha value is -2.66. The van der Waals surface area contributed by atoms with Crippen molar-refractivity contribution in [2.75, 3.05) is 7.11 Å². The van der Waals surface area contributed by atoms with Gasteiger partial charge in [-0.2, -0.15) is 0 Å². The molecule has 0 radical (unpaired) electrons. The highest BCUT2D eigenvalue weighted by atomic mass is 35.5. The molecular weight excluding hydrogens is 321 g/mol. The number of carbonyl (C=O) groups is 1. The maximum atomic E-state index is 13.0. The fraction of sp³-hybridized carbons (Fsp3) is 0.0588.